The Morgan fingerprint density at radius 3 is 2.33 bits per heavy atom. The zero-order valence-corrected chi connectivity index (χ0v) is 7.59. The molecule has 0 radical (unpaired) electrons. The van der Waals surface area contributed by atoms with Gasteiger partial charge in [-0.05, 0) is 12.1 Å². The third-order valence-electron chi connectivity index (χ3n) is 1.69. The monoisotopic (exact) mass is 223 g/mol. The third-order valence-corrected chi connectivity index (χ3v) is 1.69. The van der Waals surface area contributed by atoms with Gasteiger partial charge in [0.2, 0.25) is 6.10 Å². The lowest BCUT2D eigenvalue weighted by molar-refractivity contribution is -0.192. The fourth-order valence-corrected chi connectivity index (χ4v) is 0.942. The van der Waals surface area contributed by atoms with Gasteiger partial charge in [-0.15, -0.1) is 0 Å². The highest BCUT2D eigenvalue weighted by Crippen LogP contribution is 2.25. The first-order chi connectivity index (χ1) is 6.95. The fraction of sp³-hybridized carbons (Fsp3) is 0.333. The number of rotatable bonds is 3. The van der Waals surface area contributed by atoms with E-state index in [1.54, 1.807) is 0 Å². The topological polar surface area (TPSA) is 35.2 Å². The molecule has 15 heavy (non-hydrogen) atoms. The van der Waals surface area contributed by atoms with Gasteiger partial charge in [0, 0.05) is 6.54 Å². The summed E-state index contributed by atoms with van der Waals surface area (Å²) < 4.78 is 54.0. The smallest absolute Gasteiger partial charge is 0.426 e. The summed E-state index contributed by atoms with van der Waals surface area (Å²) in [7, 11) is 0. The highest BCUT2D eigenvalue weighted by atomic mass is 19.4. The van der Waals surface area contributed by atoms with E-state index in [0.717, 1.165) is 12.1 Å². The number of nitrogens with two attached hydrogens (primary N) is 1. The van der Waals surface area contributed by atoms with Crippen LogP contribution in [0.15, 0.2) is 24.3 Å². The van der Waals surface area contributed by atoms with Gasteiger partial charge in [-0.25, -0.2) is 4.39 Å². The van der Waals surface area contributed by atoms with Crippen LogP contribution in [-0.4, -0.2) is 18.8 Å². The summed E-state index contributed by atoms with van der Waals surface area (Å²) in [5.74, 6) is -1.30. The van der Waals surface area contributed by atoms with E-state index in [2.05, 4.69) is 4.74 Å². The second kappa shape index (κ2) is 4.48. The van der Waals surface area contributed by atoms with Crippen LogP contribution >= 0.6 is 0 Å². The Morgan fingerprint density at radius 2 is 1.87 bits per heavy atom. The van der Waals surface area contributed by atoms with E-state index in [-0.39, 0.29) is 0 Å². The van der Waals surface area contributed by atoms with Gasteiger partial charge in [-0.3, -0.25) is 0 Å². The highest BCUT2D eigenvalue weighted by Gasteiger charge is 2.41. The average Bonchev–Trinajstić information content (AvgIpc) is 2.14. The quantitative estimate of drug-likeness (QED) is 0.796. The number of hydrogen-bond acceptors (Lipinski definition) is 2. The summed E-state index contributed by atoms with van der Waals surface area (Å²) in [6, 6.07) is 4.86. The van der Waals surface area contributed by atoms with E-state index in [1.807, 2.05) is 0 Å². The molecule has 0 heterocycles. The summed E-state index contributed by atoms with van der Waals surface area (Å²) in [6.45, 7) is -0.752. The lowest BCUT2D eigenvalue weighted by atomic mass is 10.3. The summed E-state index contributed by atoms with van der Waals surface area (Å²) in [4.78, 5) is 0. The Labute approximate surface area is 83.6 Å². The lowest BCUT2D eigenvalue weighted by Crippen LogP contribution is -2.40. The van der Waals surface area contributed by atoms with Crippen LogP contribution < -0.4 is 10.5 Å². The zero-order chi connectivity index (χ0) is 11.5. The first-order valence-electron chi connectivity index (χ1n) is 4.13. The van der Waals surface area contributed by atoms with Crippen molar-refractivity contribution in [2.75, 3.05) is 6.54 Å². The van der Waals surface area contributed by atoms with Crippen molar-refractivity contribution in [3.05, 3.63) is 30.1 Å². The number of para-hydroxylation sites is 1. The minimum absolute atomic E-state index is 0.453. The standard InChI is InChI=1S/C9H9F4NO/c10-6-3-1-2-4-7(6)15-8(5-14)9(11,12)13/h1-4,8H,5,14H2. The third kappa shape index (κ3) is 3.09. The molecule has 84 valence electrons. The molecule has 0 aliphatic rings. The molecular weight excluding hydrogens is 214 g/mol. The molecule has 0 fully saturated rings. The van der Waals surface area contributed by atoms with E-state index < -0.39 is 30.4 Å². The number of alkyl halides is 3. The normalized spacial score (nSPS) is 13.7. The van der Waals surface area contributed by atoms with Crippen LogP contribution in [0.3, 0.4) is 0 Å². The molecule has 1 rings (SSSR count). The van der Waals surface area contributed by atoms with Crippen molar-refractivity contribution in [1.29, 1.82) is 0 Å². The molecule has 0 aliphatic carbocycles. The molecule has 0 spiro atoms. The van der Waals surface area contributed by atoms with Crippen molar-refractivity contribution in [3.8, 4) is 5.75 Å². The average molecular weight is 223 g/mol. The van der Waals surface area contributed by atoms with Crippen LogP contribution in [-0.2, 0) is 0 Å². The minimum Gasteiger partial charge on any atom is -0.477 e. The van der Waals surface area contributed by atoms with E-state index in [9.17, 15) is 17.6 Å². The Hall–Kier alpha value is -1.30. The second-order valence-electron chi connectivity index (χ2n) is 2.81. The maximum atomic E-state index is 12.9. The number of benzene rings is 1. The van der Waals surface area contributed by atoms with Gasteiger partial charge in [-0.1, -0.05) is 12.1 Å². The van der Waals surface area contributed by atoms with Gasteiger partial charge in [0.05, 0.1) is 0 Å². The summed E-state index contributed by atoms with van der Waals surface area (Å²) in [5, 5.41) is 0. The fourth-order valence-electron chi connectivity index (χ4n) is 0.942. The lowest BCUT2D eigenvalue weighted by Gasteiger charge is -2.20. The van der Waals surface area contributed by atoms with E-state index >= 15 is 0 Å². The Bertz CT molecular complexity index is 326. The van der Waals surface area contributed by atoms with Crippen LogP contribution in [0, 0.1) is 5.82 Å². The van der Waals surface area contributed by atoms with Crippen molar-refractivity contribution in [1.82, 2.24) is 0 Å². The molecule has 6 heteroatoms. The molecule has 0 saturated carbocycles. The Morgan fingerprint density at radius 1 is 1.27 bits per heavy atom. The van der Waals surface area contributed by atoms with Crippen LogP contribution in [0.5, 0.6) is 5.75 Å². The summed E-state index contributed by atoms with van der Waals surface area (Å²) in [5.41, 5.74) is 4.89. The molecule has 1 aromatic rings. The molecule has 1 atom stereocenters. The van der Waals surface area contributed by atoms with E-state index in [4.69, 9.17) is 5.73 Å². The van der Waals surface area contributed by atoms with Crippen molar-refractivity contribution in [3.63, 3.8) is 0 Å². The maximum absolute atomic E-state index is 12.9. The predicted octanol–water partition coefficient (Wildman–Crippen LogP) is 2.09. The molecule has 1 unspecified atom stereocenters. The molecule has 2 N–H and O–H groups in total. The van der Waals surface area contributed by atoms with Crippen molar-refractivity contribution >= 4 is 0 Å². The first kappa shape index (κ1) is 11.8. The van der Waals surface area contributed by atoms with Gasteiger partial charge < -0.3 is 10.5 Å². The van der Waals surface area contributed by atoms with Gasteiger partial charge in [0.15, 0.2) is 11.6 Å². The van der Waals surface area contributed by atoms with Crippen molar-refractivity contribution < 1.29 is 22.3 Å². The molecule has 1 aromatic carbocycles. The molecule has 0 bridgehead atoms. The van der Waals surface area contributed by atoms with Gasteiger partial charge in [0.25, 0.3) is 0 Å². The van der Waals surface area contributed by atoms with Crippen LogP contribution in [0.2, 0.25) is 0 Å². The molecule has 0 aliphatic heterocycles. The second-order valence-corrected chi connectivity index (χ2v) is 2.81. The molecule has 0 saturated heterocycles. The van der Waals surface area contributed by atoms with Crippen molar-refractivity contribution in [2.45, 2.75) is 12.3 Å². The van der Waals surface area contributed by atoms with Crippen molar-refractivity contribution in [2.24, 2.45) is 5.73 Å². The molecule has 0 aromatic heterocycles. The predicted molar refractivity (Wildman–Crippen MR) is 45.9 cm³/mol. The van der Waals surface area contributed by atoms with Crippen LogP contribution in [0.4, 0.5) is 17.6 Å². The maximum Gasteiger partial charge on any atom is 0.426 e. The number of ether oxygens (including phenoxy) is 1. The highest BCUT2D eigenvalue weighted by molar-refractivity contribution is 5.24. The number of hydrogen-bond donors (Lipinski definition) is 1. The van der Waals surface area contributed by atoms with E-state index in [0.29, 0.717) is 0 Å². The SMILES string of the molecule is NCC(Oc1ccccc1F)C(F)(F)F. The Kier molecular flexibility index (Phi) is 3.52. The van der Waals surface area contributed by atoms with E-state index in [1.165, 1.54) is 12.1 Å². The first-order valence-corrected chi connectivity index (χ1v) is 4.13. The molecule has 0 amide bonds. The number of halogens is 4. The summed E-state index contributed by atoms with van der Waals surface area (Å²) in [6.07, 6.45) is -6.79. The van der Waals surface area contributed by atoms with Gasteiger partial charge in [-0.2, -0.15) is 13.2 Å². The Balaban J connectivity index is 2.80. The van der Waals surface area contributed by atoms with Crippen LogP contribution in [0.1, 0.15) is 0 Å². The van der Waals surface area contributed by atoms with Crippen LogP contribution in [0.25, 0.3) is 0 Å². The molecular formula is C9H9F4NO. The van der Waals surface area contributed by atoms with Gasteiger partial charge in [0.1, 0.15) is 0 Å². The minimum atomic E-state index is -4.60. The van der Waals surface area contributed by atoms with Gasteiger partial charge >= 0.3 is 6.18 Å². The zero-order valence-electron chi connectivity index (χ0n) is 7.59. The largest absolute Gasteiger partial charge is 0.477 e. The summed E-state index contributed by atoms with van der Waals surface area (Å²) >= 11 is 0. The molecule has 2 nitrogen and oxygen atoms in total.